The first-order valence-corrected chi connectivity index (χ1v) is 4.73. The number of nitrogens with zero attached hydrogens (tertiary/aromatic N) is 2. The van der Waals surface area contributed by atoms with Crippen LogP contribution in [0.25, 0.3) is 17.0 Å². The van der Waals surface area contributed by atoms with Gasteiger partial charge >= 0.3 is 0 Å². The Morgan fingerprint density at radius 3 is 3.00 bits per heavy atom. The highest BCUT2D eigenvalue weighted by molar-refractivity contribution is 5.90. The molecule has 0 bridgehead atoms. The lowest BCUT2D eigenvalue weighted by atomic mass is 10.1. The number of allylic oxidation sites excluding steroid dienone is 1. The van der Waals surface area contributed by atoms with E-state index in [0.29, 0.717) is 0 Å². The maximum atomic E-state index is 7.32. The highest BCUT2D eigenvalue weighted by Crippen LogP contribution is 2.15. The summed E-state index contributed by atoms with van der Waals surface area (Å²) in [6.45, 7) is 1.94. The zero-order valence-corrected chi connectivity index (χ0v) is 8.44. The molecule has 2 aromatic heterocycles. The molecular weight excluding hydrogens is 186 g/mol. The number of fused-ring (bicyclic) bond motifs is 1. The number of hydrogen-bond acceptors (Lipinski definition) is 3. The van der Waals surface area contributed by atoms with Crippen molar-refractivity contribution in [1.82, 2.24) is 9.97 Å². The van der Waals surface area contributed by atoms with Crippen molar-refractivity contribution in [3.8, 4) is 0 Å². The van der Waals surface area contributed by atoms with E-state index in [2.05, 4.69) is 9.97 Å². The maximum absolute atomic E-state index is 7.32. The Bertz CT molecular complexity index is 529. The molecule has 0 aromatic carbocycles. The molecule has 2 aromatic rings. The van der Waals surface area contributed by atoms with Crippen LogP contribution in [0.2, 0.25) is 0 Å². The molecule has 0 unspecified atom stereocenters. The van der Waals surface area contributed by atoms with Gasteiger partial charge in [-0.25, -0.2) is 4.98 Å². The van der Waals surface area contributed by atoms with Crippen molar-refractivity contribution in [1.29, 1.82) is 5.41 Å². The quantitative estimate of drug-likeness (QED) is 0.752. The van der Waals surface area contributed by atoms with Gasteiger partial charge < -0.3 is 5.41 Å². The Balaban J connectivity index is 2.74. The summed E-state index contributed by atoms with van der Waals surface area (Å²) in [7, 11) is 0. The predicted octanol–water partition coefficient (Wildman–Crippen LogP) is 2.66. The molecule has 0 atom stereocenters. The van der Waals surface area contributed by atoms with Gasteiger partial charge in [-0.2, -0.15) is 0 Å². The molecule has 0 aliphatic heterocycles. The molecule has 0 aliphatic rings. The summed E-state index contributed by atoms with van der Waals surface area (Å²) in [6, 6.07) is 3.80. The zero-order valence-electron chi connectivity index (χ0n) is 8.44. The van der Waals surface area contributed by atoms with Crippen molar-refractivity contribution in [2.24, 2.45) is 0 Å². The molecule has 0 saturated heterocycles. The van der Waals surface area contributed by atoms with Crippen molar-refractivity contribution in [3.63, 3.8) is 0 Å². The van der Waals surface area contributed by atoms with Gasteiger partial charge in [0, 0.05) is 29.6 Å². The minimum Gasteiger partial charge on any atom is -0.308 e. The maximum Gasteiger partial charge on any atom is 0.0740 e. The van der Waals surface area contributed by atoms with Crippen LogP contribution in [0.15, 0.2) is 30.6 Å². The topological polar surface area (TPSA) is 49.6 Å². The molecule has 0 radical (unpaired) electrons. The van der Waals surface area contributed by atoms with Gasteiger partial charge in [-0.15, -0.1) is 0 Å². The average Bonchev–Trinajstić information content (AvgIpc) is 2.28. The van der Waals surface area contributed by atoms with Crippen LogP contribution >= 0.6 is 0 Å². The van der Waals surface area contributed by atoms with Crippen LogP contribution in [0.4, 0.5) is 0 Å². The zero-order chi connectivity index (χ0) is 10.7. The fourth-order valence-electron chi connectivity index (χ4n) is 1.46. The van der Waals surface area contributed by atoms with Gasteiger partial charge in [0.25, 0.3) is 0 Å². The Labute approximate surface area is 88.0 Å². The highest BCUT2D eigenvalue weighted by atomic mass is 14.7. The summed E-state index contributed by atoms with van der Waals surface area (Å²) in [6.07, 6.45) is 8.62. The first-order valence-electron chi connectivity index (χ1n) is 4.73. The lowest BCUT2D eigenvalue weighted by molar-refractivity contribution is 1.30. The fourth-order valence-corrected chi connectivity index (χ4v) is 1.46. The van der Waals surface area contributed by atoms with Crippen molar-refractivity contribution < 1.29 is 0 Å². The van der Waals surface area contributed by atoms with Crippen LogP contribution in [-0.4, -0.2) is 16.2 Å². The second-order valence-corrected chi connectivity index (χ2v) is 3.18. The third-order valence-corrected chi connectivity index (χ3v) is 2.16. The van der Waals surface area contributed by atoms with Crippen LogP contribution in [-0.2, 0) is 0 Å². The number of hydrogen-bond donors (Lipinski definition) is 1. The van der Waals surface area contributed by atoms with E-state index in [0.717, 1.165) is 22.2 Å². The molecule has 2 heterocycles. The molecule has 0 saturated carbocycles. The molecule has 0 aliphatic carbocycles. The van der Waals surface area contributed by atoms with E-state index >= 15 is 0 Å². The monoisotopic (exact) mass is 197 g/mol. The minimum absolute atomic E-state index is 0.814. The lowest BCUT2D eigenvalue weighted by Crippen LogP contribution is -1.92. The molecule has 74 valence electrons. The third kappa shape index (κ3) is 1.76. The van der Waals surface area contributed by atoms with Gasteiger partial charge in [-0.1, -0.05) is 6.08 Å². The van der Waals surface area contributed by atoms with Crippen molar-refractivity contribution in [2.45, 2.75) is 6.92 Å². The molecular formula is C12H11N3. The first kappa shape index (κ1) is 9.52. The van der Waals surface area contributed by atoms with E-state index in [1.54, 1.807) is 12.4 Å². The van der Waals surface area contributed by atoms with E-state index in [1.165, 1.54) is 6.21 Å². The van der Waals surface area contributed by atoms with E-state index in [-0.39, 0.29) is 0 Å². The summed E-state index contributed by atoms with van der Waals surface area (Å²) < 4.78 is 0. The molecule has 2 rings (SSSR count). The average molecular weight is 197 g/mol. The van der Waals surface area contributed by atoms with Gasteiger partial charge in [0.1, 0.15) is 0 Å². The Morgan fingerprint density at radius 2 is 2.27 bits per heavy atom. The minimum atomic E-state index is 0.814. The number of nitrogens with one attached hydrogen (secondary N) is 1. The summed E-state index contributed by atoms with van der Waals surface area (Å²) in [5.41, 5.74) is 2.54. The SMILES string of the molecule is C/C=C\c1nc2ccncc2cc1C=N. The lowest BCUT2D eigenvalue weighted by Gasteiger charge is -2.02. The largest absolute Gasteiger partial charge is 0.308 e. The summed E-state index contributed by atoms with van der Waals surface area (Å²) in [5.74, 6) is 0. The summed E-state index contributed by atoms with van der Waals surface area (Å²) in [4.78, 5) is 8.49. The van der Waals surface area contributed by atoms with Crippen LogP contribution < -0.4 is 0 Å². The molecule has 0 spiro atoms. The van der Waals surface area contributed by atoms with Gasteiger partial charge in [0.05, 0.1) is 11.2 Å². The van der Waals surface area contributed by atoms with Crippen LogP contribution in [0, 0.1) is 5.41 Å². The predicted molar refractivity (Wildman–Crippen MR) is 62.1 cm³/mol. The van der Waals surface area contributed by atoms with Crippen LogP contribution in [0.1, 0.15) is 18.2 Å². The van der Waals surface area contributed by atoms with E-state index in [1.807, 2.05) is 31.2 Å². The van der Waals surface area contributed by atoms with E-state index in [4.69, 9.17) is 5.41 Å². The Hall–Kier alpha value is -2.03. The van der Waals surface area contributed by atoms with Gasteiger partial charge in [-0.3, -0.25) is 4.98 Å². The van der Waals surface area contributed by atoms with Gasteiger partial charge in [-0.05, 0) is 25.1 Å². The molecule has 3 heteroatoms. The van der Waals surface area contributed by atoms with Crippen molar-refractivity contribution >= 4 is 23.2 Å². The first-order chi connectivity index (χ1) is 7.35. The molecule has 15 heavy (non-hydrogen) atoms. The van der Waals surface area contributed by atoms with Crippen LogP contribution in [0.3, 0.4) is 0 Å². The van der Waals surface area contributed by atoms with Gasteiger partial charge in [0.15, 0.2) is 0 Å². The second-order valence-electron chi connectivity index (χ2n) is 3.18. The van der Waals surface area contributed by atoms with Crippen molar-refractivity contribution in [3.05, 3.63) is 41.9 Å². The second kappa shape index (κ2) is 4.00. The normalized spacial score (nSPS) is 11.0. The number of rotatable bonds is 2. The van der Waals surface area contributed by atoms with E-state index < -0.39 is 0 Å². The Morgan fingerprint density at radius 1 is 1.40 bits per heavy atom. The molecule has 0 amide bonds. The molecule has 0 fully saturated rings. The molecule has 3 nitrogen and oxygen atoms in total. The van der Waals surface area contributed by atoms with E-state index in [9.17, 15) is 0 Å². The van der Waals surface area contributed by atoms with Crippen LogP contribution in [0.5, 0.6) is 0 Å². The highest BCUT2D eigenvalue weighted by Gasteiger charge is 2.01. The number of pyridine rings is 2. The standard InChI is InChI=1S/C12H11N3/c1-2-3-11-9(7-13)6-10-8-14-5-4-12(10)15-11/h2-8,13H,1H3/b3-2-,13-7?. The molecule has 1 N–H and O–H groups in total. The smallest absolute Gasteiger partial charge is 0.0740 e. The Kier molecular flexibility index (Phi) is 2.54. The third-order valence-electron chi connectivity index (χ3n) is 2.16. The fraction of sp³-hybridized carbons (Fsp3) is 0.0833. The summed E-state index contributed by atoms with van der Waals surface area (Å²) >= 11 is 0. The summed E-state index contributed by atoms with van der Waals surface area (Å²) in [5, 5.41) is 8.28. The van der Waals surface area contributed by atoms with Gasteiger partial charge in [0.2, 0.25) is 0 Å². The number of aromatic nitrogens is 2. The van der Waals surface area contributed by atoms with Crippen molar-refractivity contribution in [2.75, 3.05) is 0 Å².